The first-order chi connectivity index (χ1) is 14.1. The molecule has 0 radical (unpaired) electrons. The van der Waals surface area contributed by atoms with Crippen molar-refractivity contribution in [3.05, 3.63) is 48.3 Å². The molecular formula is C22H22FNO6. The van der Waals surface area contributed by atoms with E-state index in [4.69, 9.17) is 9.15 Å². The van der Waals surface area contributed by atoms with Crippen LogP contribution in [-0.2, 0) is 14.3 Å². The molecule has 0 fully saturated rings. The zero-order chi connectivity index (χ0) is 22.1. The Balaban J connectivity index is 1.98. The summed E-state index contributed by atoms with van der Waals surface area (Å²) in [6.07, 6.45) is 1.96. The summed E-state index contributed by atoms with van der Waals surface area (Å²) in [6, 6.07) is 5.95. The minimum absolute atomic E-state index is 0.0588. The van der Waals surface area contributed by atoms with Gasteiger partial charge in [-0.1, -0.05) is 12.1 Å². The third kappa shape index (κ3) is 4.42. The Morgan fingerprint density at radius 2 is 1.90 bits per heavy atom. The average Bonchev–Trinajstić information content (AvgIpc) is 3.30. The maximum absolute atomic E-state index is 14.6. The number of rotatable bonds is 5. The molecule has 7 nitrogen and oxygen atoms in total. The summed E-state index contributed by atoms with van der Waals surface area (Å²) in [5.74, 6) is -1.38. The van der Waals surface area contributed by atoms with Gasteiger partial charge in [-0.2, -0.15) is 0 Å². The van der Waals surface area contributed by atoms with Crippen LogP contribution in [0.5, 0.6) is 0 Å². The van der Waals surface area contributed by atoms with Crippen molar-refractivity contribution in [1.82, 2.24) is 4.57 Å². The predicted molar refractivity (Wildman–Crippen MR) is 107 cm³/mol. The quantitative estimate of drug-likeness (QED) is 0.432. The number of fused-ring (bicyclic) bond motifs is 1. The van der Waals surface area contributed by atoms with Crippen LogP contribution in [0.3, 0.4) is 0 Å². The smallest absolute Gasteiger partial charge is 0.419 e. The van der Waals surface area contributed by atoms with Crippen molar-refractivity contribution < 1.29 is 32.7 Å². The highest BCUT2D eigenvalue weighted by atomic mass is 19.1. The summed E-state index contributed by atoms with van der Waals surface area (Å²) in [5.41, 5.74) is 0.315. The van der Waals surface area contributed by atoms with Crippen molar-refractivity contribution in [2.45, 2.75) is 39.2 Å². The van der Waals surface area contributed by atoms with Crippen LogP contribution in [0.1, 0.15) is 44.2 Å². The summed E-state index contributed by atoms with van der Waals surface area (Å²) in [7, 11) is 1.25. The number of hydrogen-bond acceptors (Lipinski definition) is 6. The second-order valence-electron chi connectivity index (χ2n) is 7.73. The van der Waals surface area contributed by atoms with E-state index >= 15 is 0 Å². The molecular weight excluding hydrogens is 393 g/mol. The standard InChI is InChI=1S/C22H22FNO6/c1-22(2,3)30-21(27)24-11-15(14-6-5-7-16(23)20(14)24)13-10-18(29-12-13)17(25)8-9-19(26)28-4/h5-7,10-12H,8-9H2,1-4H3. The van der Waals surface area contributed by atoms with E-state index in [9.17, 15) is 18.8 Å². The first-order valence-corrected chi connectivity index (χ1v) is 9.32. The number of Topliss-reactive ketones (excluding diaryl/α,β-unsaturated/α-hetero) is 1. The summed E-state index contributed by atoms with van der Waals surface area (Å²) in [6.45, 7) is 5.16. The van der Waals surface area contributed by atoms with Gasteiger partial charge in [0.25, 0.3) is 0 Å². The maximum atomic E-state index is 14.6. The van der Waals surface area contributed by atoms with Crippen LogP contribution in [0.15, 0.2) is 41.1 Å². The number of carbonyl (C=O) groups excluding carboxylic acids is 3. The third-order valence-corrected chi connectivity index (χ3v) is 4.34. The molecule has 3 rings (SSSR count). The zero-order valence-electron chi connectivity index (χ0n) is 17.2. The van der Waals surface area contributed by atoms with E-state index in [1.54, 1.807) is 26.8 Å². The van der Waals surface area contributed by atoms with E-state index in [0.717, 1.165) is 4.57 Å². The van der Waals surface area contributed by atoms with E-state index in [0.29, 0.717) is 16.5 Å². The highest BCUT2D eigenvalue weighted by molar-refractivity contribution is 6.02. The summed E-state index contributed by atoms with van der Waals surface area (Å²) in [5, 5.41) is 0.468. The van der Waals surface area contributed by atoms with Gasteiger partial charge in [-0.15, -0.1) is 0 Å². The van der Waals surface area contributed by atoms with Crippen molar-refractivity contribution in [3.8, 4) is 11.1 Å². The molecule has 0 saturated carbocycles. The van der Waals surface area contributed by atoms with Crippen LogP contribution in [0.2, 0.25) is 0 Å². The number of halogens is 1. The predicted octanol–water partition coefficient (Wildman–Crippen LogP) is 4.96. The van der Waals surface area contributed by atoms with E-state index in [1.165, 1.54) is 37.8 Å². The van der Waals surface area contributed by atoms with Gasteiger partial charge in [0.05, 0.1) is 25.3 Å². The molecule has 0 N–H and O–H groups in total. The van der Waals surface area contributed by atoms with Gasteiger partial charge in [0.15, 0.2) is 11.5 Å². The van der Waals surface area contributed by atoms with E-state index < -0.39 is 23.5 Å². The van der Waals surface area contributed by atoms with E-state index in [2.05, 4.69) is 4.74 Å². The van der Waals surface area contributed by atoms with Crippen LogP contribution in [-0.4, -0.2) is 35.1 Å². The maximum Gasteiger partial charge on any atom is 0.419 e. The van der Waals surface area contributed by atoms with Gasteiger partial charge in [0, 0.05) is 29.1 Å². The average molecular weight is 415 g/mol. The Bertz CT molecular complexity index is 1120. The molecule has 0 spiro atoms. The number of methoxy groups -OCH3 is 1. The monoisotopic (exact) mass is 415 g/mol. The zero-order valence-corrected chi connectivity index (χ0v) is 17.2. The van der Waals surface area contributed by atoms with Crippen LogP contribution < -0.4 is 0 Å². The lowest BCUT2D eigenvalue weighted by Crippen LogP contribution is -2.26. The van der Waals surface area contributed by atoms with Gasteiger partial charge < -0.3 is 13.9 Å². The highest BCUT2D eigenvalue weighted by Crippen LogP contribution is 2.34. The normalized spacial score (nSPS) is 11.5. The van der Waals surface area contributed by atoms with Crippen LogP contribution in [0, 0.1) is 5.82 Å². The Morgan fingerprint density at radius 1 is 1.17 bits per heavy atom. The van der Waals surface area contributed by atoms with Crippen LogP contribution in [0.4, 0.5) is 9.18 Å². The van der Waals surface area contributed by atoms with Crippen molar-refractivity contribution in [2.75, 3.05) is 7.11 Å². The Kier molecular flexibility index (Phi) is 5.78. The lowest BCUT2D eigenvalue weighted by Gasteiger charge is -2.19. The van der Waals surface area contributed by atoms with Crippen molar-refractivity contribution >= 4 is 28.7 Å². The second kappa shape index (κ2) is 8.14. The van der Waals surface area contributed by atoms with Crippen molar-refractivity contribution in [2.24, 2.45) is 0 Å². The molecule has 3 aromatic rings. The fourth-order valence-electron chi connectivity index (χ4n) is 2.99. The van der Waals surface area contributed by atoms with Crippen molar-refractivity contribution in [3.63, 3.8) is 0 Å². The molecule has 0 saturated heterocycles. The van der Waals surface area contributed by atoms with Gasteiger partial charge in [-0.3, -0.25) is 9.59 Å². The Hall–Kier alpha value is -3.42. The number of para-hydroxylation sites is 1. The summed E-state index contributed by atoms with van der Waals surface area (Å²) >= 11 is 0. The largest absolute Gasteiger partial charge is 0.469 e. The molecule has 0 bridgehead atoms. The molecule has 0 amide bonds. The minimum Gasteiger partial charge on any atom is -0.469 e. The van der Waals surface area contributed by atoms with Crippen molar-refractivity contribution in [1.29, 1.82) is 0 Å². The molecule has 30 heavy (non-hydrogen) atoms. The summed E-state index contributed by atoms with van der Waals surface area (Å²) < 4.78 is 30.9. The molecule has 1 aromatic carbocycles. The number of ether oxygens (including phenoxy) is 2. The SMILES string of the molecule is COC(=O)CCC(=O)c1cc(-c2cn(C(=O)OC(C)(C)C)c3c(F)cccc23)co1. The number of esters is 1. The second-order valence-corrected chi connectivity index (χ2v) is 7.73. The number of furan rings is 1. The van der Waals surface area contributed by atoms with Crippen LogP contribution >= 0.6 is 0 Å². The van der Waals surface area contributed by atoms with Crippen LogP contribution in [0.25, 0.3) is 22.0 Å². The molecule has 0 aliphatic heterocycles. The van der Waals surface area contributed by atoms with Gasteiger partial charge in [0.2, 0.25) is 0 Å². The lowest BCUT2D eigenvalue weighted by atomic mass is 10.1. The molecule has 0 unspecified atom stereocenters. The molecule has 8 heteroatoms. The Labute approximate surface area is 172 Å². The number of hydrogen-bond donors (Lipinski definition) is 0. The number of ketones is 1. The molecule has 0 atom stereocenters. The molecule has 2 heterocycles. The lowest BCUT2D eigenvalue weighted by molar-refractivity contribution is -0.140. The van der Waals surface area contributed by atoms with Gasteiger partial charge in [-0.25, -0.2) is 13.8 Å². The van der Waals surface area contributed by atoms with Gasteiger partial charge in [0.1, 0.15) is 11.4 Å². The molecule has 0 aliphatic rings. The fourth-order valence-corrected chi connectivity index (χ4v) is 2.99. The highest BCUT2D eigenvalue weighted by Gasteiger charge is 2.24. The molecule has 158 valence electrons. The number of benzene rings is 1. The number of aromatic nitrogens is 1. The minimum atomic E-state index is -0.756. The first kappa shape index (κ1) is 21.3. The van der Waals surface area contributed by atoms with Gasteiger partial charge >= 0.3 is 12.1 Å². The summed E-state index contributed by atoms with van der Waals surface area (Å²) in [4.78, 5) is 36.1. The van der Waals surface area contributed by atoms with E-state index in [-0.39, 0.29) is 29.9 Å². The topological polar surface area (TPSA) is 87.7 Å². The number of nitrogens with zero attached hydrogens (tertiary/aromatic N) is 1. The first-order valence-electron chi connectivity index (χ1n) is 9.32. The Morgan fingerprint density at radius 3 is 2.57 bits per heavy atom. The molecule has 2 aromatic heterocycles. The van der Waals surface area contributed by atoms with Gasteiger partial charge in [-0.05, 0) is 32.9 Å². The van der Waals surface area contributed by atoms with E-state index in [1.807, 2.05) is 0 Å². The number of carbonyl (C=O) groups is 3. The molecule has 0 aliphatic carbocycles. The third-order valence-electron chi connectivity index (χ3n) is 4.34. The fraction of sp³-hybridized carbons (Fsp3) is 0.318.